The number of hydrogen-bond acceptors (Lipinski definition) is 3. The third kappa shape index (κ3) is 3.80. The molecule has 1 heterocycles. The molecule has 0 unspecified atom stereocenters. The van der Waals surface area contributed by atoms with Gasteiger partial charge < -0.3 is 10.6 Å². The summed E-state index contributed by atoms with van der Waals surface area (Å²) in [5.74, 6) is -0.671. The number of carbonyl (C=O) groups is 2. The van der Waals surface area contributed by atoms with Gasteiger partial charge in [-0.05, 0) is 46.3 Å². The predicted molar refractivity (Wildman–Crippen MR) is 84.7 cm³/mol. The number of pyridine rings is 1. The van der Waals surface area contributed by atoms with Gasteiger partial charge in [0.15, 0.2) is 0 Å². The fourth-order valence-corrected chi connectivity index (χ4v) is 2.14. The number of anilines is 1. The minimum Gasteiger partial charge on any atom is -0.355 e. The van der Waals surface area contributed by atoms with E-state index < -0.39 is 5.91 Å². The minimum atomic E-state index is -0.410. The standard InChI is InChI=1S/C14H11BrClN3O2/c1-17-13(20)8-5-6-9(16)11(7-8)19-14(21)10-3-2-4-12(15)18-10/h2-7H,1H3,(H,17,20)(H,19,21). The fraction of sp³-hybridized carbons (Fsp3) is 0.0714. The zero-order chi connectivity index (χ0) is 15.4. The number of amides is 2. The van der Waals surface area contributed by atoms with E-state index in [0.29, 0.717) is 20.9 Å². The van der Waals surface area contributed by atoms with Crippen LogP contribution in [0.25, 0.3) is 0 Å². The normalized spacial score (nSPS) is 10.0. The van der Waals surface area contributed by atoms with Crippen molar-refractivity contribution in [3.05, 3.63) is 57.3 Å². The van der Waals surface area contributed by atoms with Crippen LogP contribution >= 0.6 is 27.5 Å². The molecule has 2 aromatic rings. The quantitative estimate of drug-likeness (QED) is 0.818. The van der Waals surface area contributed by atoms with Gasteiger partial charge in [0.2, 0.25) is 0 Å². The average Bonchev–Trinajstić information content (AvgIpc) is 2.48. The van der Waals surface area contributed by atoms with Crippen molar-refractivity contribution in [2.24, 2.45) is 0 Å². The second-order valence-electron chi connectivity index (χ2n) is 4.07. The highest BCUT2D eigenvalue weighted by molar-refractivity contribution is 9.10. The summed E-state index contributed by atoms with van der Waals surface area (Å²) >= 11 is 9.23. The number of carbonyl (C=O) groups excluding carboxylic acids is 2. The van der Waals surface area contributed by atoms with Crippen LogP contribution in [0, 0.1) is 0 Å². The van der Waals surface area contributed by atoms with Gasteiger partial charge in [-0.1, -0.05) is 17.7 Å². The number of aromatic nitrogens is 1. The Kier molecular flexibility index (Phi) is 4.93. The summed E-state index contributed by atoms with van der Waals surface area (Å²) in [7, 11) is 1.53. The maximum Gasteiger partial charge on any atom is 0.274 e. The van der Waals surface area contributed by atoms with Gasteiger partial charge in [0.05, 0.1) is 10.7 Å². The monoisotopic (exact) mass is 367 g/mol. The zero-order valence-electron chi connectivity index (χ0n) is 11.0. The number of halogens is 2. The molecule has 0 aliphatic carbocycles. The predicted octanol–water partition coefficient (Wildman–Crippen LogP) is 3.11. The molecular formula is C14H11BrClN3O2. The maximum atomic E-state index is 12.1. The molecule has 2 N–H and O–H groups in total. The van der Waals surface area contributed by atoms with E-state index in [-0.39, 0.29) is 11.6 Å². The fourth-order valence-electron chi connectivity index (χ4n) is 1.63. The van der Waals surface area contributed by atoms with Crippen LogP contribution in [-0.4, -0.2) is 23.8 Å². The van der Waals surface area contributed by atoms with Crippen molar-refractivity contribution in [2.75, 3.05) is 12.4 Å². The Morgan fingerprint density at radius 3 is 2.62 bits per heavy atom. The van der Waals surface area contributed by atoms with Crippen molar-refractivity contribution in [3.8, 4) is 0 Å². The average molecular weight is 369 g/mol. The maximum absolute atomic E-state index is 12.1. The van der Waals surface area contributed by atoms with Crippen molar-refractivity contribution in [3.63, 3.8) is 0 Å². The van der Waals surface area contributed by atoms with Crippen LogP contribution < -0.4 is 10.6 Å². The molecule has 108 valence electrons. The molecule has 21 heavy (non-hydrogen) atoms. The Morgan fingerprint density at radius 2 is 1.95 bits per heavy atom. The molecule has 1 aromatic carbocycles. The topological polar surface area (TPSA) is 71.1 Å². The SMILES string of the molecule is CNC(=O)c1ccc(Cl)c(NC(=O)c2cccc(Br)n2)c1. The van der Waals surface area contributed by atoms with Gasteiger partial charge in [-0.3, -0.25) is 9.59 Å². The molecule has 0 bridgehead atoms. The molecule has 2 amide bonds. The molecule has 5 nitrogen and oxygen atoms in total. The van der Waals surface area contributed by atoms with E-state index in [2.05, 4.69) is 31.5 Å². The van der Waals surface area contributed by atoms with Crippen LogP contribution in [-0.2, 0) is 0 Å². The lowest BCUT2D eigenvalue weighted by Gasteiger charge is -2.09. The first-order valence-corrected chi connectivity index (χ1v) is 7.14. The molecule has 2 rings (SSSR count). The third-order valence-electron chi connectivity index (χ3n) is 2.65. The Morgan fingerprint density at radius 1 is 1.19 bits per heavy atom. The second kappa shape index (κ2) is 6.69. The van der Waals surface area contributed by atoms with Crippen molar-refractivity contribution in [1.29, 1.82) is 0 Å². The third-order valence-corrected chi connectivity index (χ3v) is 3.42. The van der Waals surface area contributed by atoms with E-state index in [1.54, 1.807) is 30.3 Å². The van der Waals surface area contributed by atoms with Crippen LogP contribution in [0.3, 0.4) is 0 Å². The van der Waals surface area contributed by atoms with Gasteiger partial charge in [0, 0.05) is 12.6 Å². The largest absolute Gasteiger partial charge is 0.355 e. The summed E-state index contributed by atoms with van der Waals surface area (Å²) in [5.41, 5.74) is 0.995. The van der Waals surface area contributed by atoms with E-state index in [1.807, 2.05) is 0 Å². The van der Waals surface area contributed by atoms with E-state index in [9.17, 15) is 9.59 Å². The molecule has 0 aliphatic rings. The van der Waals surface area contributed by atoms with E-state index in [0.717, 1.165) is 0 Å². The van der Waals surface area contributed by atoms with Crippen molar-refractivity contribution in [1.82, 2.24) is 10.3 Å². The van der Waals surface area contributed by atoms with Crippen LogP contribution in [0.1, 0.15) is 20.8 Å². The van der Waals surface area contributed by atoms with E-state index in [1.165, 1.54) is 13.1 Å². The first-order chi connectivity index (χ1) is 10.0. The van der Waals surface area contributed by atoms with Gasteiger partial charge in [0.1, 0.15) is 10.3 Å². The van der Waals surface area contributed by atoms with E-state index in [4.69, 9.17) is 11.6 Å². The van der Waals surface area contributed by atoms with Crippen molar-refractivity contribution in [2.45, 2.75) is 0 Å². The lowest BCUT2D eigenvalue weighted by atomic mass is 10.2. The Balaban J connectivity index is 2.26. The number of nitrogens with one attached hydrogen (secondary N) is 2. The number of hydrogen-bond donors (Lipinski definition) is 2. The summed E-state index contributed by atoms with van der Waals surface area (Å²) in [6, 6.07) is 9.64. The number of rotatable bonds is 3. The molecule has 0 fully saturated rings. The molecule has 0 saturated carbocycles. The van der Waals surface area contributed by atoms with Gasteiger partial charge in [-0.2, -0.15) is 0 Å². The first kappa shape index (κ1) is 15.5. The van der Waals surface area contributed by atoms with Crippen molar-refractivity contribution >= 4 is 45.0 Å². The lowest BCUT2D eigenvalue weighted by Crippen LogP contribution is -2.19. The lowest BCUT2D eigenvalue weighted by molar-refractivity contribution is 0.0961. The van der Waals surface area contributed by atoms with Gasteiger partial charge in [-0.15, -0.1) is 0 Å². The van der Waals surface area contributed by atoms with Crippen LogP contribution in [0.15, 0.2) is 41.0 Å². The second-order valence-corrected chi connectivity index (χ2v) is 5.29. The minimum absolute atomic E-state index is 0.241. The highest BCUT2D eigenvalue weighted by atomic mass is 79.9. The molecular weight excluding hydrogens is 358 g/mol. The summed E-state index contributed by atoms with van der Waals surface area (Å²) in [6.07, 6.45) is 0. The summed E-state index contributed by atoms with van der Waals surface area (Å²) in [6.45, 7) is 0. The van der Waals surface area contributed by atoms with E-state index >= 15 is 0 Å². The van der Waals surface area contributed by atoms with Gasteiger partial charge in [0.25, 0.3) is 11.8 Å². The summed E-state index contributed by atoms with van der Waals surface area (Å²) < 4.78 is 0.556. The molecule has 0 radical (unpaired) electrons. The number of nitrogens with zero attached hydrogens (tertiary/aromatic N) is 1. The smallest absolute Gasteiger partial charge is 0.274 e. The Hall–Kier alpha value is -1.92. The van der Waals surface area contributed by atoms with Crippen LogP contribution in [0.4, 0.5) is 5.69 Å². The van der Waals surface area contributed by atoms with Crippen LogP contribution in [0.5, 0.6) is 0 Å². The highest BCUT2D eigenvalue weighted by Crippen LogP contribution is 2.23. The zero-order valence-corrected chi connectivity index (χ0v) is 13.3. The van der Waals surface area contributed by atoms with Crippen molar-refractivity contribution < 1.29 is 9.59 Å². The molecule has 0 saturated heterocycles. The summed E-state index contributed by atoms with van der Waals surface area (Å²) in [4.78, 5) is 27.8. The van der Waals surface area contributed by atoms with Gasteiger partial charge >= 0.3 is 0 Å². The van der Waals surface area contributed by atoms with Crippen LogP contribution in [0.2, 0.25) is 5.02 Å². The molecule has 0 atom stereocenters. The molecule has 7 heteroatoms. The Bertz CT molecular complexity index is 706. The molecule has 0 aliphatic heterocycles. The first-order valence-electron chi connectivity index (χ1n) is 5.97. The highest BCUT2D eigenvalue weighted by Gasteiger charge is 2.12. The summed E-state index contributed by atoms with van der Waals surface area (Å²) in [5, 5.41) is 5.48. The van der Waals surface area contributed by atoms with Gasteiger partial charge in [-0.25, -0.2) is 4.98 Å². The molecule has 0 spiro atoms. The Labute approximate surface area is 134 Å². The molecule has 1 aromatic heterocycles. The number of benzene rings is 1.